The van der Waals surface area contributed by atoms with Crippen molar-refractivity contribution in [1.82, 2.24) is 9.88 Å². The van der Waals surface area contributed by atoms with Gasteiger partial charge in [-0.3, -0.25) is 14.5 Å². The van der Waals surface area contributed by atoms with Gasteiger partial charge in [0.2, 0.25) is 0 Å². The van der Waals surface area contributed by atoms with Crippen LogP contribution >= 0.6 is 0 Å². The second-order valence-corrected chi connectivity index (χ2v) is 5.26. The molecule has 1 aromatic carbocycles. The predicted octanol–water partition coefficient (Wildman–Crippen LogP) is 1.84. The highest BCUT2D eigenvalue weighted by atomic mass is 16.4. The second-order valence-electron chi connectivity index (χ2n) is 5.26. The summed E-state index contributed by atoms with van der Waals surface area (Å²) >= 11 is 0. The molecular formula is C15H16N2O4. The number of hydrogen-bond acceptors (Lipinski definition) is 3. The first-order chi connectivity index (χ1) is 10.1. The molecule has 0 unspecified atom stereocenters. The molecule has 2 heterocycles. The maximum Gasteiger partial charge on any atom is 0.325 e. The highest BCUT2D eigenvalue weighted by Crippen LogP contribution is 2.33. The number of likely N-dealkylation sites (tertiary alicyclic amines) is 1. The summed E-state index contributed by atoms with van der Waals surface area (Å²) < 4.78 is 0. The van der Waals surface area contributed by atoms with Crippen molar-refractivity contribution in [3.63, 3.8) is 0 Å². The third-order valence-electron chi connectivity index (χ3n) is 4.06. The van der Waals surface area contributed by atoms with Gasteiger partial charge < -0.3 is 15.2 Å². The van der Waals surface area contributed by atoms with Gasteiger partial charge in [0.25, 0.3) is 0 Å². The highest BCUT2D eigenvalue weighted by molar-refractivity contribution is 5.89. The lowest BCUT2D eigenvalue weighted by atomic mass is 10.0. The standard InChI is InChI=1S/C15H16N2O4/c18-14(19)12-6-3-7-17(12)13(15(20)21)10-8-16-11-5-2-1-4-9(10)11/h1-2,4-5,8,12-13,16H,3,6-7H2,(H,18,19)(H,20,21)/t12-,13-/m0/s1. The lowest BCUT2D eigenvalue weighted by Gasteiger charge is -2.27. The summed E-state index contributed by atoms with van der Waals surface area (Å²) in [6, 6.07) is 5.76. The van der Waals surface area contributed by atoms with Gasteiger partial charge in [0.15, 0.2) is 0 Å². The van der Waals surface area contributed by atoms with E-state index in [9.17, 15) is 19.8 Å². The number of benzene rings is 1. The van der Waals surface area contributed by atoms with E-state index in [-0.39, 0.29) is 0 Å². The van der Waals surface area contributed by atoms with E-state index in [1.807, 2.05) is 24.3 Å². The number of aromatic nitrogens is 1. The molecule has 0 aliphatic carbocycles. The average Bonchev–Trinajstić information content (AvgIpc) is 3.07. The van der Waals surface area contributed by atoms with E-state index < -0.39 is 24.0 Å². The molecule has 0 radical (unpaired) electrons. The molecule has 2 aromatic rings. The molecule has 1 aliphatic rings. The molecule has 3 N–H and O–H groups in total. The fourth-order valence-electron chi connectivity index (χ4n) is 3.14. The van der Waals surface area contributed by atoms with Gasteiger partial charge in [0, 0.05) is 29.2 Å². The Bertz CT molecular complexity index is 694. The van der Waals surface area contributed by atoms with Crippen LogP contribution in [0.25, 0.3) is 10.9 Å². The van der Waals surface area contributed by atoms with Crippen LogP contribution in [0.4, 0.5) is 0 Å². The Labute approximate surface area is 121 Å². The van der Waals surface area contributed by atoms with E-state index >= 15 is 0 Å². The third kappa shape index (κ3) is 2.27. The number of nitrogens with zero attached hydrogens (tertiary/aromatic N) is 1. The van der Waals surface area contributed by atoms with E-state index in [0.717, 1.165) is 10.9 Å². The van der Waals surface area contributed by atoms with E-state index in [1.165, 1.54) is 0 Å². The Balaban J connectivity index is 2.06. The summed E-state index contributed by atoms with van der Waals surface area (Å²) in [7, 11) is 0. The number of nitrogens with one attached hydrogen (secondary N) is 1. The second kappa shape index (κ2) is 5.21. The van der Waals surface area contributed by atoms with Crippen LogP contribution in [0.5, 0.6) is 0 Å². The number of aliphatic carboxylic acids is 2. The number of carbonyl (C=O) groups is 2. The van der Waals surface area contributed by atoms with Gasteiger partial charge in [-0.2, -0.15) is 0 Å². The van der Waals surface area contributed by atoms with Gasteiger partial charge in [-0.25, -0.2) is 0 Å². The number of rotatable bonds is 4. The average molecular weight is 288 g/mol. The minimum Gasteiger partial charge on any atom is -0.480 e. The molecule has 110 valence electrons. The minimum absolute atomic E-state index is 0.480. The molecule has 21 heavy (non-hydrogen) atoms. The molecule has 1 aromatic heterocycles. The van der Waals surface area contributed by atoms with Crippen molar-refractivity contribution >= 4 is 22.8 Å². The Morgan fingerprint density at radius 1 is 1.29 bits per heavy atom. The Morgan fingerprint density at radius 2 is 2.05 bits per heavy atom. The van der Waals surface area contributed by atoms with Crippen LogP contribution in [-0.4, -0.2) is 44.6 Å². The van der Waals surface area contributed by atoms with Gasteiger partial charge in [-0.05, 0) is 18.9 Å². The van der Waals surface area contributed by atoms with Gasteiger partial charge in [0.05, 0.1) is 0 Å². The van der Waals surface area contributed by atoms with E-state index in [4.69, 9.17) is 0 Å². The van der Waals surface area contributed by atoms with Gasteiger partial charge in [-0.1, -0.05) is 18.2 Å². The maximum atomic E-state index is 11.7. The molecule has 0 saturated carbocycles. The van der Waals surface area contributed by atoms with Crippen LogP contribution in [-0.2, 0) is 9.59 Å². The number of hydrogen-bond donors (Lipinski definition) is 3. The lowest BCUT2D eigenvalue weighted by molar-refractivity contribution is -0.149. The summed E-state index contributed by atoms with van der Waals surface area (Å²) in [5.41, 5.74) is 1.47. The topological polar surface area (TPSA) is 93.6 Å². The molecular weight excluding hydrogens is 272 g/mol. The Morgan fingerprint density at radius 3 is 2.76 bits per heavy atom. The summed E-state index contributed by atoms with van der Waals surface area (Å²) in [5, 5.41) is 19.7. The lowest BCUT2D eigenvalue weighted by Crippen LogP contribution is -2.41. The summed E-state index contributed by atoms with van der Waals surface area (Å²) in [5.74, 6) is -1.98. The zero-order chi connectivity index (χ0) is 15.0. The van der Waals surface area contributed by atoms with Crippen molar-refractivity contribution in [1.29, 1.82) is 0 Å². The molecule has 2 atom stereocenters. The fourth-order valence-corrected chi connectivity index (χ4v) is 3.14. The zero-order valence-corrected chi connectivity index (χ0v) is 11.3. The smallest absolute Gasteiger partial charge is 0.325 e. The van der Waals surface area contributed by atoms with Crippen molar-refractivity contribution < 1.29 is 19.8 Å². The quantitative estimate of drug-likeness (QED) is 0.798. The van der Waals surface area contributed by atoms with E-state index in [0.29, 0.717) is 24.9 Å². The van der Waals surface area contributed by atoms with Crippen LogP contribution in [0, 0.1) is 0 Å². The van der Waals surface area contributed by atoms with Crippen LogP contribution in [0.2, 0.25) is 0 Å². The normalized spacial score (nSPS) is 20.7. The third-order valence-corrected chi connectivity index (χ3v) is 4.06. The SMILES string of the molecule is O=C(O)[C@H](c1c[nH]c2ccccc12)N1CCC[C@H]1C(=O)O. The van der Waals surface area contributed by atoms with Crippen molar-refractivity contribution in [2.24, 2.45) is 0 Å². The van der Waals surface area contributed by atoms with Crippen LogP contribution < -0.4 is 0 Å². The minimum atomic E-state index is -1.02. The maximum absolute atomic E-state index is 11.7. The monoisotopic (exact) mass is 288 g/mol. The number of carboxylic acids is 2. The van der Waals surface area contributed by atoms with Crippen molar-refractivity contribution in [2.75, 3.05) is 6.54 Å². The molecule has 0 bridgehead atoms. The Kier molecular flexibility index (Phi) is 3.39. The molecule has 6 nitrogen and oxygen atoms in total. The predicted molar refractivity (Wildman–Crippen MR) is 76.0 cm³/mol. The highest BCUT2D eigenvalue weighted by Gasteiger charge is 2.40. The summed E-state index contributed by atoms with van der Waals surface area (Å²) in [4.78, 5) is 27.7. The number of carboxylic acid groups (broad SMARTS) is 2. The number of para-hydroxylation sites is 1. The fraction of sp³-hybridized carbons (Fsp3) is 0.333. The molecule has 6 heteroatoms. The molecule has 0 spiro atoms. The van der Waals surface area contributed by atoms with Crippen molar-refractivity contribution in [3.05, 3.63) is 36.0 Å². The van der Waals surface area contributed by atoms with Gasteiger partial charge in [0.1, 0.15) is 12.1 Å². The van der Waals surface area contributed by atoms with Gasteiger partial charge >= 0.3 is 11.9 Å². The van der Waals surface area contributed by atoms with Crippen LogP contribution in [0.15, 0.2) is 30.5 Å². The molecule has 1 saturated heterocycles. The van der Waals surface area contributed by atoms with Crippen LogP contribution in [0.1, 0.15) is 24.4 Å². The number of H-pyrrole nitrogens is 1. The zero-order valence-electron chi connectivity index (χ0n) is 11.3. The van der Waals surface area contributed by atoms with Crippen LogP contribution in [0.3, 0.4) is 0 Å². The first kappa shape index (κ1) is 13.6. The van der Waals surface area contributed by atoms with Crippen molar-refractivity contribution in [3.8, 4) is 0 Å². The number of aromatic amines is 1. The largest absolute Gasteiger partial charge is 0.480 e. The first-order valence-corrected chi connectivity index (χ1v) is 6.87. The van der Waals surface area contributed by atoms with E-state index in [2.05, 4.69) is 4.98 Å². The van der Waals surface area contributed by atoms with Gasteiger partial charge in [-0.15, -0.1) is 0 Å². The van der Waals surface area contributed by atoms with E-state index in [1.54, 1.807) is 11.1 Å². The Hall–Kier alpha value is -2.34. The molecule has 1 aliphatic heterocycles. The molecule has 1 fully saturated rings. The van der Waals surface area contributed by atoms with Crippen molar-refractivity contribution in [2.45, 2.75) is 24.9 Å². The summed E-state index contributed by atoms with van der Waals surface area (Å²) in [6.07, 6.45) is 2.85. The first-order valence-electron chi connectivity index (χ1n) is 6.87. The molecule has 3 rings (SSSR count). The number of fused-ring (bicyclic) bond motifs is 1. The summed E-state index contributed by atoms with van der Waals surface area (Å²) in [6.45, 7) is 0.480. The molecule has 0 amide bonds.